The molecule has 1 aromatic carbocycles. The molecule has 0 saturated heterocycles. The monoisotopic (exact) mass is 271 g/mol. The maximum atomic E-state index is 12.1. The predicted molar refractivity (Wildman–Crippen MR) is 70.5 cm³/mol. The van der Waals surface area contributed by atoms with Crippen LogP contribution in [0.1, 0.15) is 24.8 Å². The van der Waals surface area contributed by atoms with Gasteiger partial charge in [-0.1, -0.05) is 23.2 Å². The van der Waals surface area contributed by atoms with Gasteiger partial charge in [0.1, 0.15) is 5.78 Å². The SMILES string of the molecule is NC1CCC(C(=O)Cc2cc(Cl)ccc2Cl)C1. The average Bonchev–Trinajstić information content (AvgIpc) is 2.70. The maximum absolute atomic E-state index is 12.1. The molecule has 0 aromatic heterocycles. The zero-order valence-corrected chi connectivity index (χ0v) is 11.0. The van der Waals surface area contributed by atoms with E-state index >= 15 is 0 Å². The molecule has 2 nitrogen and oxygen atoms in total. The topological polar surface area (TPSA) is 43.1 Å². The van der Waals surface area contributed by atoms with E-state index in [1.54, 1.807) is 18.2 Å². The quantitative estimate of drug-likeness (QED) is 0.917. The van der Waals surface area contributed by atoms with E-state index in [0.717, 1.165) is 24.8 Å². The lowest BCUT2D eigenvalue weighted by Gasteiger charge is -2.09. The Hall–Kier alpha value is -0.570. The fourth-order valence-corrected chi connectivity index (χ4v) is 2.70. The highest BCUT2D eigenvalue weighted by molar-refractivity contribution is 6.33. The van der Waals surface area contributed by atoms with Crippen LogP contribution in [0.2, 0.25) is 10.0 Å². The van der Waals surface area contributed by atoms with E-state index in [4.69, 9.17) is 28.9 Å². The first-order chi connectivity index (χ1) is 8.06. The van der Waals surface area contributed by atoms with Crippen LogP contribution in [0, 0.1) is 5.92 Å². The Kier molecular flexibility index (Phi) is 4.08. The van der Waals surface area contributed by atoms with Crippen LogP contribution in [-0.4, -0.2) is 11.8 Å². The molecule has 17 heavy (non-hydrogen) atoms. The van der Waals surface area contributed by atoms with Gasteiger partial charge in [0, 0.05) is 28.4 Å². The first-order valence-corrected chi connectivity index (χ1v) is 6.54. The van der Waals surface area contributed by atoms with Gasteiger partial charge in [0.05, 0.1) is 0 Å². The molecule has 2 rings (SSSR count). The van der Waals surface area contributed by atoms with Crippen molar-refractivity contribution in [1.82, 2.24) is 0 Å². The van der Waals surface area contributed by atoms with Crippen molar-refractivity contribution in [3.05, 3.63) is 33.8 Å². The van der Waals surface area contributed by atoms with Crippen LogP contribution >= 0.6 is 23.2 Å². The first-order valence-electron chi connectivity index (χ1n) is 5.78. The lowest BCUT2D eigenvalue weighted by molar-refractivity contribution is -0.122. The van der Waals surface area contributed by atoms with Crippen LogP contribution in [0.4, 0.5) is 0 Å². The molecule has 2 N–H and O–H groups in total. The number of halogens is 2. The van der Waals surface area contributed by atoms with Crippen molar-refractivity contribution in [3.63, 3.8) is 0 Å². The summed E-state index contributed by atoms with van der Waals surface area (Å²) in [4.78, 5) is 12.1. The third-order valence-electron chi connectivity index (χ3n) is 3.30. The van der Waals surface area contributed by atoms with Gasteiger partial charge < -0.3 is 5.73 Å². The Morgan fingerprint density at radius 2 is 2.12 bits per heavy atom. The summed E-state index contributed by atoms with van der Waals surface area (Å²) in [5.74, 6) is 0.321. The van der Waals surface area contributed by atoms with Gasteiger partial charge in [-0.25, -0.2) is 0 Å². The van der Waals surface area contributed by atoms with Crippen molar-refractivity contribution in [2.75, 3.05) is 0 Å². The third kappa shape index (κ3) is 3.21. The minimum Gasteiger partial charge on any atom is -0.328 e. The second kappa shape index (κ2) is 5.38. The number of benzene rings is 1. The minimum absolute atomic E-state index is 0.0973. The van der Waals surface area contributed by atoms with Gasteiger partial charge in [-0.2, -0.15) is 0 Å². The second-order valence-corrected chi connectivity index (χ2v) is 5.49. The molecule has 0 amide bonds. The number of hydrogen-bond donors (Lipinski definition) is 1. The Balaban J connectivity index is 2.05. The minimum atomic E-state index is 0.0973. The van der Waals surface area contributed by atoms with Crippen molar-refractivity contribution < 1.29 is 4.79 Å². The molecule has 1 saturated carbocycles. The van der Waals surface area contributed by atoms with Crippen LogP contribution in [0.15, 0.2) is 18.2 Å². The van der Waals surface area contributed by atoms with E-state index in [1.807, 2.05) is 0 Å². The van der Waals surface area contributed by atoms with E-state index in [-0.39, 0.29) is 17.7 Å². The summed E-state index contributed by atoms with van der Waals surface area (Å²) >= 11 is 11.9. The summed E-state index contributed by atoms with van der Waals surface area (Å²) < 4.78 is 0. The second-order valence-electron chi connectivity index (χ2n) is 4.65. The van der Waals surface area contributed by atoms with Crippen molar-refractivity contribution in [3.8, 4) is 0 Å². The van der Waals surface area contributed by atoms with Crippen LogP contribution in [-0.2, 0) is 11.2 Å². The zero-order chi connectivity index (χ0) is 12.4. The van der Waals surface area contributed by atoms with Gasteiger partial charge in [0.15, 0.2) is 0 Å². The van der Waals surface area contributed by atoms with Gasteiger partial charge in [-0.05, 0) is 43.0 Å². The first kappa shape index (κ1) is 12.9. The molecule has 1 aromatic rings. The molecule has 4 heteroatoms. The summed E-state index contributed by atoms with van der Waals surface area (Å²) in [5, 5.41) is 1.21. The van der Waals surface area contributed by atoms with Crippen molar-refractivity contribution >= 4 is 29.0 Å². The molecule has 1 aliphatic rings. The Labute approximate surface area is 111 Å². The smallest absolute Gasteiger partial charge is 0.140 e. The molecular formula is C13H15Cl2NO. The molecule has 92 valence electrons. The molecule has 0 spiro atoms. The maximum Gasteiger partial charge on any atom is 0.140 e. The zero-order valence-electron chi connectivity index (χ0n) is 9.46. The predicted octanol–water partition coefficient (Wildman–Crippen LogP) is 3.23. The Morgan fingerprint density at radius 3 is 2.76 bits per heavy atom. The van der Waals surface area contributed by atoms with E-state index in [2.05, 4.69) is 0 Å². The van der Waals surface area contributed by atoms with Crippen LogP contribution in [0.3, 0.4) is 0 Å². The van der Waals surface area contributed by atoms with Gasteiger partial charge in [-0.15, -0.1) is 0 Å². The van der Waals surface area contributed by atoms with Gasteiger partial charge in [0.25, 0.3) is 0 Å². The molecule has 0 radical (unpaired) electrons. The molecule has 1 aliphatic carbocycles. The Morgan fingerprint density at radius 1 is 1.35 bits per heavy atom. The number of nitrogens with two attached hydrogens (primary N) is 1. The molecular weight excluding hydrogens is 257 g/mol. The van der Waals surface area contributed by atoms with Crippen LogP contribution in [0.5, 0.6) is 0 Å². The molecule has 2 unspecified atom stereocenters. The van der Waals surface area contributed by atoms with E-state index in [0.29, 0.717) is 16.5 Å². The number of hydrogen-bond acceptors (Lipinski definition) is 2. The van der Waals surface area contributed by atoms with Crippen molar-refractivity contribution in [1.29, 1.82) is 0 Å². The fraction of sp³-hybridized carbons (Fsp3) is 0.462. The van der Waals surface area contributed by atoms with Gasteiger partial charge in [0.2, 0.25) is 0 Å². The molecule has 0 bridgehead atoms. The number of rotatable bonds is 3. The van der Waals surface area contributed by atoms with Gasteiger partial charge >= 0.3 is 0 Å². The summed E-state index contributed by atoms with van der Waals surface area (Å²) in [6.45, 7) is 0. The molecule has 2 atom stereocenters. The largest absolute Gasteiger partial charge is 0.328 e. The average molecular weight is 272 g/mol. The summed E-state index contributed by atoms with van der Waals surface area (Å²) in [6.07, 6.45) is 3.01. The van der Waals surface area contributed by atoms with Crippen molar-refractivity contribution in [2.45, 2.75) is 31.7 Å². The number of carbonyl (C=O) groups excluding carboxylic acids is 1. The third-order valence-corrected chi connectivity index (χ3v) is 3.90. The fourth-order valence-electron chi connectivity index (χ4n) is 2.32. The number of Topliss-reactive ketones (excluding diaryl/α,β-unsaturated/α-hetero) is 1. The number of ketones is 1. The standard InChI is InChI=1S/C13H15Cl2NO/c14-10-2-4-12(15)9(5-10)7-13(17)8-1-3-11(16)6-8/h2,4-5,8,11H,1,3,6-7,16H2. The lowest BCUT2D eigenvalue weighted by Crippen LogP contribution is -2.19. The summed E-state index contributed by atoms with van der Waals surface area (Å²) in [7, 11) is 0. The normalized spacial score (nSPS) is 23.9. The highest BCUT2D eigenvalue weighted by Gasteiger charge is 2.27. The number of carbonyl (C=O) groups is 1. The lowest BCUT2D eigenvalue weighted by atomic mass is 9.96. The van der Waals surface area contributed by atoms with E-state index in [9.17, 15) is 4.79 Å². The Bertz CT molecular complexity index is 433. The molecule has 0 aliphatic heterocycles. The summed E-state index contributed by atoms with van der Waals surface area (Å²) in [6, 6.07) is 5.39. The van der Waals surface area contributed by atoms with Gasteiger partial charge in [-0.3, -0.25) is 4.79 Å². The van der Waals surface area contributed by atoms with Crippen LogP contribution in [0.25, 0.3) is 0 Å². The summed E-state index contributed by atoms with van der Waals surface area (Å²) in [5.41, 5.74) is 6.62. The van der Waals surface area contributed by atoms with E-state index < -0.39 is 0 Å². The molecule has 1 fully saturated rings. The van der Waals surface area contributed by atoms with Crippen molar-refractivity contribution in [2.24, 2.45) is 11.7 Å². The van der Waals surface area contributed by atoms with Crippen LogP contribution < -0.4 is 5.73 Å². The highest BCUT2D eigenvalue weighted by Crippen LogP contribution is 2.28. The molecule has 0 heterocycles. The van der Waals surface area contributed by atoms with E-state index in [1.165, 1.54) is 0 Å². The highest BCUT2D eigenvalue weighted by atomic mass is 35.5.